The number of aryl methyl sites for hydroxylation is 1. The minimum atomic E-state index is 0.0101. The van der Waals surface area contributed by atoms with Crippen LogP contribution in [0.25, 0.3) is 0 Å². The van der Waals surface area contributed by atoms with Crippen LogP contribution >= 0.6 is 11.3 Å². The molecule has 5 nitrogen and oxygen atoms in total. The van der Waals surface area contributed by atoms with Gasteiger partial charge in [-0.1, -0.05) is 11.3 Å². The second kappa shape index (κ2) is 7.60. The normalized spacial score (nSPS) is 11.3. The van der Waals surface area contributed by atoms with Crippen molar-refractivity contribution in [3.8, 4) is 0 Å². The second-order valence-electron chi connectivity index (χ2n) is 3.82. The molecule has 17 heavy (non-hydrogen) atoms. The Morgan fingerprint density at radius 3 is 2.24 bits per heavy atom. The van der Waals surface area contributed by atoms with Gasteiger partial charge in [0, 0.05) is 44.4 Å². The van der Waals surface area contributed by atoms with Crippen molar-refractivity contribution < 1.29 is 9.47 Å². The number of hydrogen-bond donors (Lipinski definition) is 1. The first-order valence-corrected chi connectivity index (χ1v) is 6.37. The molecule has 0 fully saturated rings. The second-order valence-corrected chi connectivity index (χ2v) is 4.89. The van der Waals surface area contributed by atoms with Crippen LogP contribution in [0.5, 0.6) is 0 Å². The highest BCUT2D eigenvalue weighted by Gasteiger charge is 2.10. The molecule has 1 rings (SSSR count). The SMILES string of the molecule is COCCN(CCOC)Cc1sc(=O)[nH]c1C. The van der Waals surface area contributed by atoms with Gasteiger partial charge in [-0.3, -0.25) is 9.69 Å². The van der Waals surface area contributed by atoms with E-state index in [0.717, 1.165) is 30.2 Å². The first-order valence-electron chi connectivity index (χ1n) is 5.56. The minimum absolute atomic E-state index is 0.0101. The Balaban J connectivity index is 2.57. The van der Waals surface area contributed by atoms with E-state index in [4.69, 9.17) is 9.47 Å². The van der Waals surface area contributed by atoms with E-state index in [1.165, 1.54) is 11.3 Å². The fourth-order valence-electron chi connectivity index (χ4n) is 1.50. The van der Waals surface area contributed by atoms with E-state index in [1.807, 2.05) is 6.92 Å². The highest BCUT2D eigenvalue weighted by molar-refractivity contribution is 7.09. The van der Waals surface area contributed by atoms with E-state index in [2.05, 4.69) is 9.88 Å². The Bertz CT molecular complexity index is 367. The summed E-state index contributed by atoms with van der Waals surface area (Å²) in [7, 11) is 3.38. The first-order chi connectivity index (χ1) is 8.17. The topological polar surface area (TPSA) is 54.6 Å². The predicted octanol–water partition coefficient (Wildman–Crippen LogP) is 0.840. The van der Waals surface area contributed by atoms with Crippen LogP contribution < -0.4 is 4.87 Å². The molecule has 1 N–H and O–H groups in total. The molecular weight excluding hydrogens is 240 g/mol. The molecule has 0 saturated carbocycles. The first kappa shape index (κ1) is 14.4. The molecule has 6 heteroatoms. The third kappa shape index (κ3) is 4.99. The average molecular weight is 260 g/mol. The predicted molar refractivity (Wildman–Crippen MR) is 68.7 cm³/mol. The Labute approximate surface area is 105 Å². The molecule has 0 bridgehead atoms. The lowest BCUT2D eigenvalue weighted by atomic mass is 10.3. The van der Waals surface area contributed by atoms with E-state index < -0.39 is 0 Å². The molecule has 0 aromatic carbocycles. The molecule has 0 saturated heterocycles. The monoisotopic (exact) mass is 260 g/mol. The third-order valence-electron chi connectivity index (χ3n) is 2.51. The number of rotatable bonds is 8. The van der Waals surface area contributed by atoms with Crippen LogP contribution in [0.2, 0.25) is 0 Å². The number of nitrogens with one attached hydrogen (secondary N) is 1. The molecule has 1 aromatic rings. The minimum Gasteiger partial charge on any atom is -0.383 e. The summed E-state index contributed by atoms with van der Waals surface area (Å²) in [5.41, 5.74) is 0.958. The number of aromatic amines is 1. The van der Waals surface area contributed by atoms with Crippen LogP contribution in [0.3, 0.4) is 0 Å². The van der Waals surface area contributed by atoms with Gasteiger partial charge in [-0.25, -0.2) is 0 Å². The quantitative estimate of drug-likeness (QED) is 0.752. The molecule has 0 radical (unpaired) electrons. The van der Waals surface area contributed by atoms with Crippen molar-refractivity contribution in [3.05, 3.63) is 20.2 Å². The summed E-state index contributed by atoms with van der Waals surface area (Å²) in [6.45, 7) is 5.74. The van der Waals surface area contributed by atoms with Crippen LogP contribution in [-0.2, 0) is 16.0 Å². The summed E-state index contributed by atoms with van der Waals surface area (Å²) >= 11 is 1.28. The fourth-order valence-corrected chi connectivity index (χ4v) is 2.38. The van der Waals surface area contributed by atoms with Crippen LogP contribution in [-0.4, -0.2) is 50.4 Å². The van der Waals surface area contributed by atoms with Crippen molar-refractivity contribution in [2.24, 2.45) is 0 Å². The molecular formula is C11H20N2O3S. The van der Waals surface area contributed by atoms with Crippen molar-refractivity contribution >= 4 is 11.3 Å². The van der Waals surface area contributed by atoms with Crippen LogP contribution in [0.15, 0.2) is 4.79 Å². The number of methoxy groups -OCH3 is 2. The lowest BCUT2D eigenvalue weighted by Gasteiger charge is -2.20. The molecule has 0 aliphatic rings. The van der Waals surface area contributed by atoms with Gasteiger partial charge in [0.05, 0.1) is 13.2 Å². The van der Waals surface area contributed by atoms with Gasteiger partial charge >= 0.3 is 4.87 Å². The van der Waals surface area contributed by atoms with Gasteiger partial charge in [-0.15, -0.1) is 0 Å². The van der Waals surface area contributed by atoms with Crippen molar-refractivity contribution in [3.63, 3.8) is 0 Å². The Kier molecular flexibility index (Phi) is 6.43. The van der Waals surface area contributed by atoms with Gasteiger partial charge in [0.15, 0.2) is 0 Å². The Morgan fingerprint density at radius 1 is 1.24 bits per heavy atom. The van der Waals surface area contributed by atoms with Gasteiger partial charge in [0.1, 0.15) is 0 Å². The molecule has 1 heterocycles. The number of H-pyrrole nitrogens is 1. The summed E-state index contributed by atoms with van der Waals surface area (Å²) < 4.78 is 10.2. The fraction of sp³-hybridized carbons (Fsp3) is 0.727. The zero-order chi connectivity index (χ0) is 12.7. The summed E-state index contributed by atoms with van der Waals surface area (Å²) in [4.78, 5) is 17.3. The molecule has 0 unspecified atom stereocenters. The van der Waals surface area contributed by atoms with Crippen LogP contribution in [0, 0.1) is 6.92 Å². The number of aromatic nitrogens is 1. The molecule has 98 valence electrons. The molecule has 0 amide bonds. The molecule has 0 atom stereocenters. The van der Waals surface area contributed by atoms with Crippen molar-refractivity contribution in [2.45, 2.75) is 13.5 Å². The van der Waals surface area contributed by atoms with Crippen molar-refractivity contribution in [2.75, 3.05) is 40.5 Å². The van der Waals surface area contributed by atoms with Gasteiger partial charge in [0.25, 0.3) is 0 Å². The van der Waals surface area contributed by atoms with E-state index in [1.54, 1.807) is 14.2 Å². The molecule has 0 aliphatic carbocycles. The summed E-state index contributed by atoms with van der Waals surface area (Å²) in [6, 6.07) is 0. The van der Waals surface area contributed by atoms with Crippen molar-refractivity contribution in [1.82, 2.24) is 9.88 Å². The molecule has 0 spiro atoms. The van der Waals surface area contributed by atoms with E-state index in [0.29, 0.717) is 13.2 Å². The number of nitrogens with zero attached hydrogens (tertiary/aromatic N) is 1. The maximum atomic E-state index is 11.2. The van der Waals surface area contributed by atoms with Gasteiger partial charge in [-0.2, -0.15) is 0 Å². The maximum absolute atomic E-state index is 11.2. The number of hydrogen-bond acceptors (Lipinski definition) is 5. The third-order valence-corrected chi connectivity index (χ3v) is 3.48. The van der Waals surface area contributed by atoms with E-state index in [-0.39, 0.29) is 4.87 Å². The Hall–Kier alpha value is -0.690. The van der Waals surface area contributed by atoms with Gasteiger partial charge in [0.2, 0.25) is 0 Å². The zero-order valence-electron chi connectivity index (χ0n) is 10.6. The van der Waals surface area contributed by atoms with Crippen LogP contribution in [0.4, 0.5) is 0 Å². The van der Waals surface area contributed by atoms with E-state index in [9.17, 15) is 4.79 Å². The Morgan fingerprint density at radius 2 is 1.82 bits per heavy atom. The largest absolute Gasteiger partial charge is 0.383 e. The summed E-state index contributed by atoms with van der Waals surface area (Å²) in [6.07, 6.45) is 0. The zero-order valence-corrected chi connectivity index (χ0v) is 11.4. The average Bonchev–Trinajstić information content (AvgIpc) is 2.61. The molecule has 1 aromatic heterocycles. The lowest BCUT2D eigenvalue weighted by molar-refractivity contribution is 0.110. The standard InChI is InChI=1S/C11H20N2O3S/c1-9-10(17-11(14)12-9)8-13(4-6-15-2)5-7-16-3/h4-8H2,1-3H3,(H,12,14). The number of ether oxygens (including phenoxy) is 2. The van der Waals surface area contributed by atoms with Gasteiger partial charge in [-0.05, 0) is 6.92 Å². The van der Waals surface area contributed by atoms with E-state index >= 15 is 0 Å². The van der Waals surface area contributed by atoms with Crippen molar-refractivity contribution in [1.29, 1.82) is 0 Å². The summed E-state index contributed by atoms with van der Waals surface area (Å²) in [5, 5.41) is 0. The lowest BCUT2D eigenvalue weighted by Crippen LogP contribution is -2.30. The highest BCUT2D eigenvalue weighted by Crippen LogP contribution is 2.11. The summed E-state index contributed by atoms with van der Waals surface area (Å²) in [5.74, 6) is 0. The highest BCUT2D eigenvalue weighted by atomic mass is 32.1. The van der Waals surface area contributed by atoms with Gasteiger partial charge < -0.3 is 14.5 Å². The molecule has 0 aliphatic heterocycles. The van der Waals surface area contributed by atoms with Crippen LogP contribution in [0.1, 0.15) is 10.6 Å². The maximum Gasteiger partial charge on any atom is 0.304 e. The number of thiazole rings is 1. The smallest absolute Gasteiger partial charge is 0.304 e.